The largest absolute Gasteiger partial charge is 0.457 e. The number of imide groups is 1. The van der Waals surface area contributed by atoms with Crippen LogP contribution in [0, 0.1) is 11.3 Å². The van der Waals surface area contributed by atoms with Crippen molar-refractivity contribution in [3.63, 3.8) is 0 Å². The van der Waals surface area contributed by atoms with Crippen molar-refractivity contribution >= 4 is 23.9 Å². The van der Waals surface area contributed by atoms with E-state index in [-0.39, 0.29) is 30.3 Å². The maximum Gasteiger partial charge on any atom is 0.338 e. The Bertz CT molecular complexity index is 1220. The summed E-state index contributed by atoms with van der Waals surface area (Å²) < 4.78 is 10.9. The first-order chi connectivity index (χ1) is 14.4. The summed E-state index contributed by atoms with van der Waals surface area (Å²) >= 11 is 0. The monoisotopic (exact) mass is 400 g/mol. The summed E-state index contributed by atoms with van der Waals surface area (Å²) in [5, 5.41) is 9.36. The van der Waals surface area contributed by atoms with Crippen LogP contribution < -0.4 is 0 Å². The first-order valence-electron chi connectivity index (χ1n) is 9.15. The molecule has 7 heteroatoms. The van der Waals surface area contributed by atoms with E-state index in [9.17, 15) is 19.6 Å². The lowest BCUT2D eigenvalue weighted by atomic mass is 9.94. The lowest BCUT2D eigenvalue weighted by Crippen LogP contribution is -2.42. The molecule has 1 aromatic carbocycles. The Morgan fingerprint density at radius 1 is 1.20 bits per heavy atom. The molecule has 3 heterocycles. The van der Waals surface area contributed by atoms with Crippen molar-refractivity contribution in [2.75, 3.05) is 6.54 Å². The highest BCUT2D eigenvalue weighted by atomic mass is 16.5. The molecule has 4 rings (SSSR count). The zero-order valence-corrected chi connectivity index (χ0v) is 16.1. The van der Waals surface area contributed by atoms with Crippen LogP contribution in [0.5, 0.6) is 0 Å². The quantitative estimate of drug-likeness (QED) is 0.337. The molecule has 30 heavy (non-hydrogen) atoms. The maximum atomic E-state index is 12.8. The fourth-order valence-electron chi connectivity index (χ4n) is 3.44. The highest BCUT2D eigenvalue weighted by Crippen LogP contribution is 2.31. The minimum Gasteiger partial charge on any atom is -0.457 e. The van der Waals surface area contributed by atoms with Gasteiger partial charge in [-0.25, -0.2) is 4.79 Å². The van der Waals surface area contributed by atoms with Crippen LogP contribution in [0.4, 0.5) is 0 Å². The van der Waals surface area contributed by atoms with Gasteiger partial charge in [0.2, 0.25) is 0 Å². The highest BCUT2D eigenvalue weighted by molar-refractivity contribution is 6.19. The summed E-state index contributed by atoms with van der Waals surface area (Å²) in [4.78, 5) is 37.7. The van der Waals surface area contributed by atoms with Crippen molar-refractivity contribution in [2.45, 2.75) is 13.5 Å². The molecule has 2 amide bonds. The van der Waals surface area contributed by atoms with Crippen molar-refractivity contribution in [3.05, 3.63) is 76.6 Å². The molecular formula is C23H16N2O5. The number of ether oxygens (including phenoxy) is 1. The van der Waals surface area contributed by atoms with Crippen molar-refractivity contribution in [3.8, 4) is 17.4 Å². The summed E-state index contributed by atoms with van der Waals surface area (Å²) in [6.07, 6.45) is 2.94. The fourth-order valence-corrected chi connectivity index (χ4v) is 3.44. The van der Waals surface area contributed by atoms with E-state index < -0.39 is 11.8 Å². The number of rotatable bonds is 4. The summed E-state index contributed by atoms with van der Waals surface area (Å²) in [7, 11) is 0. The van der Waals surface area contributed by atoms with Crippen molar-refractivity contribution in [1.82, 2.24) is 4.90 Å². The molecule has 0 bridgehead atoms. The third-order valence-corrected chi connectivity index (χ3v) is 5.02. The molecule has 0 aliphatic carbocycles. The average Bonchev–Trinajstić information content (AvgIpc) is 3.35. The lowest BCUT2D eigenvalue weighted by molar-refractivity contribution is -0.139. The van der Waals surface area contributed by atoms with E-state index in [1.54, 1.807) is 31.2 Å². The Balaban J connectivity index is 1.71. The molecule has 0 spiro atoms. The molecule has 0 unspecified atom stereocenters. The van der Waals surface area contributed by atoms with Crippen LogP contribution in [0.25, 0.3) is 17.4 Å². The Morgan fingerprint density at radius 2 is 2.00 bits per heavy atom. The standard InChI is InChI=1S/C23H16N2O5/c1-3-8-25-21(26)18(13(2)19(11-24)22(25)27)10-16-5-7-20(30-16)14-4-6-17-15(9-14)12-29-23(17)28/h3-7,9-10H,1,8,12H2,2H3. The van der Waals surface area contributed by atoms with Crippen LogP contribution in [0.1, 0.15) is 28.6 Å². The van der Waals surface area contributed by atoms with E-state index in [2.05, 4.69) is 6.58 Å². The molecule has 0 atom stereocenters. The molecule has 1 aromatic heterocycles. The van der Waals surface area contributed by atoms with Crippen LogP contribution in [0.15, 0.2) is 64.1 Å². The Kier molecular flexibility index (Phi) is 4.68. The van der Waals surface area contributed by atoms with Gasteiger partial charge in [-0.1, -0.05) is 12.1 Å². The van der Waals surface area contributed by atoms with E-state index in [4.69, 9.17) is 9.15 Å². The van der Waals surface area contributed by atoms with Crippen LogP contribution >= 0.6 is 0 Å². The van der Waals surface area contributed by atoms with Gasteiger partial charge in [-0.2, -0.15) is 5.26 Å². The second-order valence-electron chi connectivity index (χ2n) is 6.83. The second kappa shape index (κ2) is 7.33. The van der Waals surface area contributed by atoms with Gasteiger partial charge in [-0.15, -0.1) is 6.58 Å². The van der Waals surface area contributed by atoms with Crippen LogP contribution in [-0.2, 0) is 20.9 Å². The molecule has 148 valence electrons. The van der Waals surface area contributed by atoms with Gasteiger partial charge in [-0.3, -0.25) is 14.5 Å². The van der Waals surface area contributed by atoms with Gasteiger partial charge in [-0.05, 0) is 42.8 Å². The van der Waals surface area contributed by atoms with Crippen molar-refractivity contribution < 1.29 is 23.5 Å². The summed E-state index contributed by atoms with van der Waals surface area (Å²) in [5.41, 5.74) is 2.52. The van der Waals surface area contributed by atoms with Crippen molar-refractivity contribution in [2.24, 2.45) is 0 Å². The number of nitrogens with zero attached hydrogens (tertiary/aromatic N) is 2. The predicted octanol–water partition coefficient (Wildman–Crippen LogP) is 3.40. The molecule has 7 nitrogen and oxygen atoms in total. The minimum absolute atomic E-state index is 0.00673. The van der Waals surface area contributed by atoms with Crippen LogP contribution in [0.3, 0.4) is 0 Å². The van der Waals surface area contributed by atoms with E-state index in [1.165, 1.54) is 12.2 Å². The van der Waals surface area contributed by atoms with Crippen LogP contribution in [-0.4, -0.2) is 29.2 Å². The summed E-state index contributed by atoms with van der Waals surface area (Å²) in [5.74, 6) is -0.541. The number of carbonyl (C=O) groups is 3. The highest BCUT2D eigenvalue weighted by Gasteiger charge is 2.34. The summed E-state index contributed by atoms with van der Waals surface area (Å²) in [6.45, 7) is 5.35. The van der Waals surface area contributed by atoms with Gasteiger partial charge in [0, 0.05) is 23.2 Å². The normalized spacial score (nSPS) is 17.3. The van der Waals surface area contributed by atoms with E-state index in [0.29, 0.717) is 22.7 Å². The molecule has 2 aromatic rings. The SMILES string of the molecule is C=CCN1C(=O)C(=Cc2ccc(-c3ccc4c(c3)COC4=O)o2)C(C)=C(C#N)C1=O. The maximum absolute atomic E-state index is 12.8. The zero-order valence-electron chi connectivity index (χ0n) is 16.1. The average molecular weight is 400 g/mol. The summed E-state index contributed by atoms with van der Waals surface area (Å²) in [6, 6.07) is 10.6. The minimum atomic E-state index is -0.632. The smallest absolute Gasteiger partial charge is 0.338 e. The molecule has 0 N–H and O–H groups in total. The van der Waals surface area contributed by atoms with Gasteiger partial charge in [0.05, 0.1) is 5.56 Å². The molecule has 2 aliphatic heterocycles. The van der Waals surface area contributed by atoms with E-state index >= 15 is 0 Å². The zero-order chi connectivity index (χ0) is 21.4. The third kappa shape index (κ3) is 3.05. The third-order valence-electron chi connectivity index (χ3n) is 5.02. The van der Waals surface area contributed by atoms with E-state index in [1.807, 2.05) is 12.1 Å². The fraction of sp³-hybridized carbons (Fsp3) is 0.130. The molecule has 2 aliphatic rings. The number of esters is 1. The Hall–Kier alpha value is -4.18. The first kappa shape index (κ1) is 19.2. The molecule has 0 fully saturated rings. The topological polar surface area (TPSA) is 101 Å². The number of fused-ring (bicyclic) bond motifs is 1. The number of amides is 2. The van der Waals surface area contributed by atoms with E-state index in [0.717, 1.165) is 16.0 Å². The molecule has 0 radical (unpaired) electrons. The first-order valence-corrected chi connectivity index (χ1v) is 9.15. The van der Waals surface area contributed by atoms with Gasteiger partial charge in [0.25, 0.3) is 11.8 Å². The molecule has 0 saturated carbocycles. The number of benzene rings is 1. The Labute approximate surface area is 172 Å². The van der Waals surface area contributed by atoms with Gasteiger partial charge >= 0.3 is 5.97 Å². The number of nitriles is 1. The van der Waals surface area contributed by atoms with Gasteiger partial charge in [0.15, 0.2) is 0 Å². The number of hydrogen-bond acceptors (Lipinski definition) is 6. The number of furan rings is 1. The Morgan fingerprint density at radius 3 is 2.73 bits per heavy atom. The number of carbonyl (C=O) groups excluding carboxylic acids is 3. The second-order valence-corrected chi connectivity index (χ2v) is 6.83. The lowest BCUT2D eigenvalue weighted by Gasteiger charge is -2.26. The van der Waals surface area contributed by atoms with Crippen molar-refractivity contribution in [1.29, 1.82) is 5.26 Å². The molecular weight excluding hydrogens is 384 g/mol. The predicted molar refractivity (Wildman–Crippen MR) is 106 cm³/mol. The molecule has 0 saturated heterocycles. The van der Waals surface area contributed by atoms with Gasteiger partial charge < -0.3 is 9.15 Å². The van der Waals surface area contributed by atoms with Gasteiger partial charge in [0.1, 0.15) is 29.8 Å². The number of cyclic esters (lactones) is 1. The number of hydrogen-bond donors (Lipinski definition) is 0. The van der Waals surface area contributed by atoms with Crippen LogP contribution in [0.2, 0.25) is 0 Å².